The van der Waals surface area contributed by atoms with Crippen LogP contribution < -0.4 is 10.2 Å². The summed E-state index contributed by atoms with van der Waals surface area (Å²) >= 11 is 0. The highest BCUT2D eigenvalue weighted by atomic mass is 19.1. The van der Waals surface area contributed by atoms with E-state index in [1.54, 1.807) is 12.1 Å². The number of amides is 1. The van der Waals surface area contributed by atoms with E-state index in [2.05, 4.69) is 15.3 Å². The molecule has 1 aromatic carbocycles. The van der Waals surface area contributed by atoms with Crippen LogP contribution in [0.25, 0.3) is 0 Å². The molecule has 1 N–H and O–H groups in total. The molecule has 1 amide bonds. The summed E-state index contributed by atoms with van der Waals surface area (Å²) in [5.41, 5.74) is 0.658. The fourth-order valence-electron chi connectivity index (χ4n) is 3.56. The molecule has 0 unspecified atom stereocenters. The molecule has 1 aromatic heterocycles. The van der Waals surface area contributed by atoms with Gasteiger partial charge in [0.1, 0.15) is 0 Å². The molecule has 0 bridgehead atoms. The van der Waals surface area contributed by atoms with Crippen molar-refractivity contribution in [2.75, 3.05) is 31.1 Å². The van der Waals surface area contributed by atoms with Gasteiger partial charge in [-0.15, -0.1) is 0 Å². The number of rotatable bonds is 4. The average molecular weight is 342 g/mol. The maximum absolute atomic E-state index is 13.0. The van der Waals surface area contributed by atoms with Crippen LogP contribution in [0.1, 0.15) is 10.4 Å². The minimum Gasteiger partial charge on any atom is -0.376 e. The molecule has 2 aliphatic rings. The van der Waals surface area contributed by atoms with Crippen molar-refractivity contribution < 1.29 is 13.9 Å². The maximum Gasteiger partial charge on any atom is 0.251 e. The highest BCUT2D eigenvalue weighted by molar-refractivity contribution is 5.94. The number of fused-ring (bicyclic) bond motifs is 1. The van der Waals surface area contributed by atoms with Crippen molar-refractivity contribution in [3.05, 3.63) is 54.1 Å². The van der Waals surface area contributed by atoms with E-state index in [-0.39, 0.29) is 17.9 Å². The van der Waals surface area contributed by atoms with Crippen molar-refractivity contribution in [2.45, 2.75) is 6.10 Å². The summed E-state index contributed by atoms with van der Waals surface area (Å²) in [5.74, 6) is 0.570. The topological polar surface area (TPSA) is 67.3 Å². The molecule has 0 saturated carbocycles. The van der Waals surface area contributed by atoms with Crippen LogP contribution in [-0.2, 0) is 4.74 Å². The van der Waals surface area contributed by atoms with Crippen molar-refractivity contribution in [3.8, 4) is 0 Å². The molecular formula is C18H19FN4O2. The summed E-state index contributed by atoms with van der Waals surface area (Å²) in [6, 6.07) is 9.18. The molecule has 0 radical (unpaired) electrons. The number of halogens is 1. The molecule has 0 aliphatic carbocycles. The highest BCUT2D eigenvalue weighted by Gasteiger charge is 2.44. The number of aromatic nitrogens is 2. The molecule has 7 heteroatoms. The van der Waals surface area contributed by atoms with E-state index in [9.17, 15) is 9.18 Å². The van der Waals surface area contributed by atoms with Crippen LogP contribution >= 0.6 is 0 Å². The lowest BCUT2D eigenvalue weighted by Gasteiger charge is -2.20. The second-order valence-electron chi connectivity index (χ2n) is 6.48. The molecule has 2 aromatic rings. The van der Waals surface area contributed by atoms with Crippen LogP contribution in [0.4, 0.5) is 10.3 Å². The number of carbonyl (C=O) groups is 1. The average Bonchev–Trinajstić information content (AvgIpc) is 3.22. The summed E-state index contributed by atoms with van der Waals surface area (Å²) in [5, 5.41) is 3.00. The Balaban J connectivity index is 1.35. The fraction of sp³-hybridized carbons (Fsp3) is 0.389. The van der Waals surface area contributed by atoms with Crippen molar-refractivity contribution in [3.63, 3.8) is 0 Å². The Kier molecular flexibility index (Phi) is 4.31. The van der Waals surface area contributed by atoms with Crippen LogP contribution in [0.2, 0.25) is 0 Å². The number of benzene rings is 1. The van der Waals surface area contributed by atoms with Crippen LogP contribution in [0.5, 0.6) is 0 Å². The van der Waals surface area contributed by atoms with Crippen LogP contribution in [0.3, 0.4) is 0 Å². The van der Waals surface area contributed by atoms with Gasteiger partial charge >= 0.3 is 0 Å². The zero-order chi connectivity index (χ0) is 17.2. The summed E-state index contributed by atoms with van der Waals surface area (Å²) < 4.78 is 18.9. The van der Waals surface area contributed by atoms with Crippen molar-refractivity contribution in [1.29, 1.82) is 0 Å². The van der Waals surface area contributed by atoms with Gasteiger partial charge in [0, 0.05) is 37.0 Å². The summed E-state index contributed by atoms with van der Waals surface area (Å²) in [7, 11) is 0. The van der Waals surface area contributed by atoms with E-state index in [0.717, 1.165) is 6.54 Å². The van der Waals surface area contributed by atoms with Gasteiger partial charge in [-0.25, -0.2) is 14.4 Å². The lowest BCUT2D eigenvalue weighted by atomic mass is 9.93. The van der Waals surface area contributed by atoms with E-state index in [0.29, 0.717) is 37.1 Å². The molecule has 3 atom stereocenters. The zero-order valence-corrected chi connectivity index (χ0v) is 13.6. The summed E-state index contributed by atoms with van der Waals surface area (Å²) in [6.07, 6.45) is 2.45. The number of ether oxygens (including phenoxy) is 1. The predicted molar refractivity (Wildman–Crippen MR) is 89.7 cm³/mol. The standard InChI is InChI=1S/C18H19FN4O2/c19-14-7-21-18(22-8-14)23-9-15-13(11-25-16(15)10-23)6-20-17(24)12-4-2-1-3-5-12/h1-5,7-8,13,15-16H,6,9-11H2,(H,20,24)/t13-,15-,16-/m1/s1. The van der Waals surface area contributed by atoms with Gasteiger partial charge in [-0.3, -0.25) is 4.79 Å². The third kappa shape index (κ3) is 3.32. The quantitative estimate of drug-likeness (QED) is 0.912. The third-order valence-corrected chi connectivity index (χ3v) is 4.89. The Hall–Kier alpha value is -2.54. The van der Waals surface area contributed by atoms with Gasteiger partial charge in [0.15, 0.2) is 5.82 Å². The number of hydrogen-bond acceptors (Lipinski definition) is 5. The first kappa shape index (κ1) is 16.0. The van der Waals surface area contributed by atoms with E-state index in [1.807, 2.05) is 23.1 Å². The number of hydrogen-bond donors (Lipinski definition) is 1. The van der Waals surface area contributed by atoms with E-state index in [4.69, 9.17) is 4.74 Å². The molecule has 2 saturated heterocycles. The minimum absolute atomic E-state index is 0.0687. The SMILES string of the molecule is O=C(NC[C@@H]1CO[C@@H]2CN(c3ncc(F)cn3)C[C@H]12)c1ccccc1. The lowest BCUT2D eigenvalue weighted by Crippen LogP contribution is -2.34. The van der Waals surface area contributed by atoms with E-state index < -0.39 is 5.82 Å². The highest BCUT2D eigenvalue weighted by Crippen LogP contribution is 2.34. The van der Waals surface area contributed by atoms with Crippen LogP contribution in [0.15, 0.2) is 42.7 Å². The lowest BCUT2D eigenvalue weighted by molar-refractivity contribution is 0.0940. The number of carbonyl (C=O) groups excluding carboxylic acids is 1. The Morgan fingerprint density at radius 2 is 2.00 bits per heavy atom. The van der Waals surface area contributed by atoms with Crippen molar-refractivity contribution in [1.82, 2.24) is 15.3 Å². The third-order valence-electron chi connectivity index (χ3n) is 4.89. The number of nitrogens with one attached hydrogen (secondary N) is 1. The first-order valence-electron chi connectivity index (χ1n) is 8.38. The molecule has 2 fully saturated rings. The van der Waals surface area contributed by atoms with Gasteiger partial charge in [-0.05, 0) is 12.1 Å². The molecule has 6 nitrogen and oxygen atoms in total. The maximum atomic E-state index is 13.0. The Morgan fingerprint density at radius 3 is 2.76 bits per heavy atom. The second kappa shape index (κ2) is 6.76. The number of anilines is 1. The largest absolute Gasteiger partial charge is 0.376 e. The van der Waals surface area contributed by atoms with Gasteiger partial charge < -0.3 is 15.0 Å². The molecule has 3 heterocycles. The van der Waals surface area contributed by atoms with Gasteiger partial charge in [-0.2, -0.15) is 0 Å². The minimum atomic E-state index is -0.444. The second-order valence-corrected chi connectivity index (χ2v) is 6.48. The van der Waals surface area contributed by atoms with Crippen LogP contribution in [-0.4, -0.2) is 48.2 Å². The monoisotopic (exact) mass is 342 g/mol. The Labute approximate surface area is 145 Å². The summed E-state index contributed by atoms with van der Waals surface area (Å²) in [6.45, 7) is 2.66. The predicted octanol–water partition coefficient (Wildman–Crippen LogP) is 1.50. The smallest absolute Gasteiger partial charge is 0.251 e. The van der Waals surface area contributed by atoms with E-state index in [1.165, 1.54) is 12.4 Å². The molecular weight excluding hydrogens is 323 g/mol. The first-order valence-corrected chi connectivity index (χ1v) is 8.38. The Morgan fingerprint density at radius 1 is 1.24 bits per heavy atom. The van der Waals surface area contributed by atoms with Gasteiger partial charge in [-0.1, -0.05) is 18.2 Å². The zero-order valence-electron chi connectivity index (χ0n) is 13.6. The molecule has 130 valence electrons. The first-order chi connectivity index (χ1) is 12.2. The molecule has 4 rings (SSSR count). The van der Waals surface area contributed by atoms with Crippen molar-refractivity contribution >= 4 is 11.9 Å². The normalized spacial score (nSPS) is 25.0. The van der Waals surface area contributed by atoms with E-state index >= 15 is 0 Å². The van der Waals surface area contributed by atoms with Gasteiger partial charge in [0.05, 0.1) is 25.1 Å². The van der Waals surface area contributed by atoms with Crippen molar-refractivity contribution in [2.24, 2.45) is 11.8 Å². The fourth-order valence-corrected chi connectivity index (χ4v) is 3.56. The van der Waals surface area contributed by atoms with Gasteiger partial charge in [0.25, 0.3) is 5.91 Å². The summed E-state index contributed by atoms with van der Waals surface area (Å²) in [4.78, 5) is 22.3. The van der Waals surface area contributed by atoms with Crippen LogP contribution in [0, 0.1) is 17.7 Å². The number of nitrogens with zero attached hydrogens (tertiary/aromatic N) is 3. The Bertz CT molecular complexity index is 741. The molecule has 2 aliphatic heterocycles. The van der Waals surface area contributed by atoms with Gasteiger partial charge in [0.2, 0.25) is 5.95 Å². The molecule has 0 spiro atoms. The molecule has 25 heavy (non-hydrogen) atoms.